The second-order valence-corrected chi connectivity index (χ2v) is 9.20. The predicted molar refractivity (Wildman–Crippen MR) is 126 cm³/mol. The highest BCUT2D eigenvalue weighted by Crippen LogP contribution is 2.32. The number of hydrogen-bond acceptors (Lipinski definition) is 5. The molecular formula is C24H21N5O3S. The molecule has 1 N–H and O–H groups in total. The highest BCUT2D eigenvalue weighted by Gasteiger charge is 2.18. The van der Waals surface area contributed by atoms with Gasteiger partial charge in [-0.15, -0.1) is 0 Å². The molecule has 3 aromatic heterocycles. The largest absolute Gasteiger partial charge is 0.495 e. The summed E-state index contributed by atoms with van der Waals surface area (Å²) in [5.41, 5.74) is 4.50. The summed E-state index contributed by atoms with van der Waals surface area (Å²) < 4.78 is 37.8. The Morgan fingerprint density at radius 1 is 1.00 bits per heavy atom. The number of imidazole rings is 1. The average Bonchev–Trinajstić information content (AvgIpc) is 3.50. The third-order valence-corrected chi connectivity index (χ3v) is 6.71. The molecule has 0 aliphatic rings. The molecule has 0 atom stereocenters. The van der Waals surface area contributed by atoms with E-state index in [2.05, 4.69) is 9.82 Å². The molecule has 0 amide bonds. The summed E-state index contributed by atoms with van der Waals surface area (Å²) in [7, 11) is -2.35. The van der Waals surface area contributed by atoms with E-state index in [0.717, 1.165) is 28.2 Å². The maximum atomic E-state index is 13.1. The number of ether oxygens (including phenoxy) is 1. The molecule has 0 aliphatic heterocycles. The number of rotatable bonds is 6. The van der Waals surface area contributed by atoms with Crippen molar-refractivity contribution < 1.29 is 13.2 Å². The van der Waals surface area contributed by atoms with Crippen molar-refractivity contribution in [1.82, 2.24) is 19.2 Å². The van der Waals surface area contributed by atoms with Crippen molar-refractivity contribution in [1.29, 1.82) is 0 Å². The second kappa shape index (κ2) is 8.10. The van der Waals surface area contributed by atoms with Gasteiger partial charge in [0.2, 0.25) is 0 Å². The van der Waals surface area contributed by atoms with Crippen LogP contribution in [0, 0.1) is 6.92 Å². The quantitative estimate of drug-likeness (QED) is 0.409. The third-order valence-electron chi connectivity index (χ3n) is 5.33. The number of fused-ring (bicyclic) bond motifs is 1. The van der Waals surface area contributed by atoms with Crippen LogP contribution in [0.1, 0.15) is 5.56 Å². The molecule has 0 bridgehead atoms. The van der Waals surface area contributed by atoms with E-state index in [1.165, 1.54) is 7.11 Å². The smallest absolute Gasteiger partial charge is 0.262 e. The van der Waals surface area contributed by atoms with Gasteiger partial charge in [0.05, 0.1) is 29.1 Å². The van der Waals surface area contributed by atoms with Gasteiger partial charge >= 0.3 is 0 Å². The first-order valence-corrected chi connectivity index (χ1v) is 11.7. The fraction of sp³-hybridized carbons (Fsp3) is 0.0833. The number of hydrogen-bond donors (Lipinski definition) is 1. The summed E-state index contributed by atoms with van der Waals surface area (Å²) in [5, 5.41) is 4.16. The van der Waals surface area contributed by atoms with Gasteiger partial charge in [-0.2, -0.15) is 5.10 Å². The van der Waals surface area contributed by atoms with E-state index in [9.17, 15) is 8.42 Å². The summed E-state index contributed by atoms with van der Waals surface area (Å²) >= 11 is 0. The lowest BCUT2D eigenvalue weighted by molar-refractivity contribution is 0.417. The first-order chi connectivity index (χ1) is 15.9. The predicted octanol–water partition coefficient (Wildman–Crippen LogP) is 4.30. The van der Waals surface area contributed by atoms with Crippen LogP contribution >= 0.6 is 0 Å². The molecule has 3 heterocycles. The number of methoxy groups -OCH3 is 1. The highest BCUT2D eigenvalue weighted by atomic mass is 32.2. The lowest BCUT2D eigenvalue weighted by Crippen LogP contribution is -2.14. The van der Waals surface area contributed by atoms with Gasteiger partial charge in [0.15, 0.2) is 0 Å². The van der Waals surface area contributed by atoms with Crippen LogP contribution in [0.2, 0.25) is 0 Å². The van der Waals surface area contributed by atoms with Crippen molar-refractivity contribution in [3.63, 3.8) is 0 Å². The summed E-state index contributed by atoms with van der Waals surface area (Å²) in [6.45, 7) is 2.00. The Bertz CT molecular complexity index is 1540. The molecule has 166 valence electrons. The third kappa shape index (κ3) is 3.94. The minimum absolute atomic E-state index is 0.134. The Morgan fingerprint density at radius 3 is 2.52 bits per heavy atom. The van der Waals surface area contributed by atoms with Crippen molar-refractivity contribution in [2.24, 2.45) is 0 Å². The lowest BCUT2D eigenvalue weighted by Gasteiger charge is -2.13. The van der Waals surface area contributed by atoms with E-state index in [-0.39, 0.29) is 4.90 Å². The standard InChI is InChI=1S/C24H21N5O3S/c1-17-5-3-13-28-16-22(26-24(17)28)18-6-11-23(32-2)21(15-18)27-33(30,31)20-9-7-19(8-10-20)29-14-4-12-25-29/h3-16,27H,1-2H3. The molecule has 9 heteroatoms. The second-order valence-electron chi connectivity index (χ2n) is 7.51. The Hall–Kier alpha value is -4.11. The monoisotopic (exact) mass is 459 g/mol. The molecule has 5 aromatic rings. The molecule has 0 saturated carbocycles. The van der Waals surface area contributed by atoms with E-state index in [4.69, 9.17) is 9.72 Å². The van der Waals surface area contributed by atoms with Crippen LogP contribution in [0.15, 0.2) is 90.3 Å². The fourth-order valence-corrected chi connectivity index (χ4v) is 4.70. The van der Waals surface area contributed by atoms with Crippen LogP contribution in [0.4, 0.5) is 5.69 Å². The summed E-state index contributed by atoms with van der Waals surface area (Å²) in [6, 6.07) is 17.6. The molecule has 8 nitrogen and oxygen atoms in total. The minimum Gasteiger partial charge on any atom is -0.495 e. The number of aryl methyl sites for hydroxylation is 1. The van der Waals surface area contributed by atoms with E-state index in [0.29, 0.717) is 11.4 Å². The Labute approximate surface area is 191 Å². The normalized spacial score (nSPS) is 11.6. The van der Waals surface area contributed by atoms with Crippen molar-refractivity contribution in [2.45, 2.75) is 11.8 Å². The van der Waals surface area contributed by atoms with Crippen LogP contribution in [0.3, 0.4) is 0 Å². The minimum atomic E-state index is -3.85. The number of anilines is 1. The molecule has 0 radical (unpaired) electrons. The summed E-state index contributed by atoms with van der Waals surface area (Å²) in [4.78, 5) is 4.84. The van der Waals surface area contributed by atoms with Gasteiger partial charge in [-0.3, -0.25) is 4.72 Å². The SMILES string of the molecule is COc1ccc(-c2cn3cccc(C)c3n2)cc1NS(=O)(=O)c1ccc(-n2cccn2)cc1. The summed E-state index contributed by atoms with van der Waals surface area (Å²) in [6.07, 6.45) is 7.30. The zero-order chi connectivity index (χ0) is 23.0. The molecule has 0 saturated heterocycles. The average molecular weight is 460 g/mol. The lowest BCUT2D eigenvalue weighted by atomic mass is 10.1. The summed E-state index contributed by atoms with van der Waals surface area (Å²) in [5.74, 6) is 0.412. The Balaban J connectivity index is 1.48. The number of sulfonamides is 1. The van der Waals surface area contributed by atoms with E-state index in [1.807, 2.05) is 41.9 Å². The number of nitrogens with one attached hydrogen (secondary N) is 1. The zero-order valence-corrected chi connectivity index (χ0v) is 18.8. The van der Waals surface area contributed by atoms with Crippen molar-refractivity contribution >= 4 is 21.4 Å². The molecule has 33 heavy (non-hydrogen) atoms. The van der Waals surface area contributed by atoms with Gasteiger partial charge in [0.25, 0.3) is 10.0 Å². The van der Waals surface area contributed by atoms with Gasteiger partial charge in [-0.1, -0.05) is 6.07 Å². The zero-order valence-electron chi connectivity index (χ0n) is 18.0. The molecule has 5 rings (SSSR count). The molecule has 0 spiro atoms. The van der Waals surface area contributed by atoms with Gasteiger partial charge in [0, 0.05) is 30.4 Å². The van der Waals surface area contributed by atoms with Gasteiger partial charge in [-0.25, -0.2) is 18.1 Å². The molecule has 0 unspecified atom stereocenters. The first-order valence-electron chi connectivity index (χ1n) is 10.2. The number of pyridine rings is 1. The molecule has 0 aliphatic carbocycles. The molecule has 2 aromatic carbocycles. The Kier molecular flexibility index (Phi) is 5.10. The van der Waals surface area contributed by atoms with Crippen LogP contribution in [-0.2, 0) is 10.0 Å². The maximum Gasteiger partial charge on any atom is 0.262 e. The number of benzene rings is 2. The molecular weight excluding hydrogens is 438 g/mol. The van der Waals surface area contributed by atoms with Crippen molar-refractivity contribution in [3.8, 4) is 22.7 Å². The number of nitrogens with zero attached hydrogens (tertiary/aromatic N) is 4. The van der Waals surface area contributed by atoms with Gasteiger partial charge in [0.1, 0.15) is 11.4 Å². The van der Waals surface area contributed by atoms with Crippen LogP contribution in [0.25, 0.3) is 22.6 Å². The van der Waals surface area contributed by atoms with Gasteiger partial charge < -0.3 is 9.14 Å². The van der Waals surface area contributed by atoms with Crippen LogP contribution < -0.4 is 9.46 Å². The van der Waals surface area contributed by atoms with Crippen LogP contribution in [0.5, 0.6) is 5.75 Å². The van der Waals surface area contributed by atoms with E-state index in [1.54, 1.807) is 59.5 Å². The topological polar surface area (TPSA) is 90.5 Å². The van der Waals surface area contributed by atoms with Crippen molar-refractivity contribution in [2.75, 3.05) is 11.8 Å². The Morgan fingerprint density at radius 2 is 1.82 bits per heavy atom. The van der Waals surface area contributed by atoms with Crippen molar-refractivity contribution in [3.05, 3.63) is 91.0 Å². The highest BCUT2D eigenvalue weighted by molar-refractivity contribution is 7.92. The van der Waals surface area contributed by atoms with E-state index < -0.39 is 10.0 Å². The van der Waals surface area contributed by atoms with Gasteiger partial charge in [-0.05, 0) is 67.1 Å². The first kappa shape index (κ1) is 20.8. The number of aromatic nitrogens is 4. The maximum absolute atomic E-state index is 13.1. The van der Waals surface area contributed by atoms with E-state index >= 15 is 0 Å². The molecule has 0 fully saturated rings. The van der Waals surface area contributed by atoms with Crippen LogP contribution in [-0.4, -0.2) is 34.7 Å². The fourth-order valence-electron chi connectivity index (χ4n) is 3.64.